The molecule has 206 valence electrons. The van der Waals surface area contributed by atoms with Gasteiger partial charge < -0.3 is 19.1 Å². The van der Waals surface area contributed by atoms with Crippen LogP contribution in [0.2, 0.25) is 0 Å². The van der Waals surface area contributed by atoms with Gasteiger partial charge in [0.1, 0.15) is 4.53 Å². The largest absolute Gasteiger partial charge is 0.463 e. The highest BCUT2D eigenvalue weighted by Crippen LogP contribution is 2.40. The summed E-state index contributed by atoms with van der Waals surface area (Å²) in [5, 5.41) is 0. The number of allylic oxidation sites excluding steroid dienone is 1. The second kappa shape index (κ2) is 10.4. The molecule has 3 aromatic rings. The predicted molar refractivity (Wildman–Crippen MR) is 153 cm³/mol. The Hall–Kier alpha value is -3.70. The first-order chi connectivity index (χ1) is 19.4. The summed E-state index contributed by atoms with van der Waals surface area (Å²) >= 11 is 4.68. The Bertz CT molecular complexity index is 1790. The maximum atomic E-state index is 14.3. The molecule has 0 fully saturated rings. The van der Waals surface area contributed by atoms with Crippen LogP contribution in [0.25, 0.3) is 5.57 Å². The first-order valence-corrected chi connectivity index (χ1v) is 14.7. The van der Waals surface area contributed by atoms with E-state index in [9.17, 15) is 14.4 Å². The van der Waals surface area contributed by atoms with Crippen molar-refractivity contribution < 1.29 is 23.8 Å². The van der Waals surface area contributed by atoms with Gasteiger partial charge in [0.2, 0.25) is 6.79 Å². The summed E-state index contributed by atoms with van der Waals surface area (Å²) in [6.07, 6.45) is 1.26. The minimum absolute atomic E-state index is 0.0948. The molecule has 4 heterocycles. The number of likely N-dealkylation sites (N-methyl/N-ethyl adjacent to an activating group) is 1. The van der Waals surface area contributed by atoms with Gasteiger partial charge in [-0.1, -0.05) is 46.7 Å². The summed E-state index contributed by atoms with van der Waals surface area (Å²) < 4.78 is 19.2. The maximum Gasteiger partial charge on any atom is 0.338 e. The number of aromatic nitrogens is 1. The smallest absolute Gasteiger partial charge is 0.338 e. The van der Waals surface area contributed by atoms with E-state index in [1.54, 1.807) is 24.0 Å². The number of esters is 1. The van der Waals surface area contributed by atoms with Crippen molar-refractivity contribution in [3.8, 4) is 11.5 Å². The van der Waals surface area contributed by atoms with Crippen LogP contribution in [-0.2, 0) is 14.3 Å². The van der Waals surface area contributed by atoms with Gasteiger partial charge in [0.15, 0.2) is 16.3 Å². The molecule has 1 amide bonds. The number of hydrogen-bond donors (Lipinski definition) is 0. The molecule has 6 rings (SSSR count). The van der Waals surface area contributed by atoms with Crippen LogP contribution in [0.5, 0.6) is 11.5 Å². The highest BCUT2D eigenvalue weighted by atomic mass is 79.9. The molecule has 0 spiro atoms. The van der Waals surface area contributed by atoms with Crippen molar-refractivity contribution in [2.75, 3.05) is 24.8 Å². The molecule has 0 bridgehead atoms. The van der Waals surface area contributed by atoms with Crippen LogP contribution in [-0.4, -0.2) is 36.4 Å². The number of thiazole rings is 1. The Morgan fingerprint density at radius 1 is 1.12 bits per heavy atom. The first-order valence-electron chi connectivity index (χ1n) is 13.1. The van der Waals surface area contributed by atoms with Gasteiger partial charge in [-0.05, 0) is 56.2 Å². The number of carbonyl (C=O) groups is 2. The Balaban J connectivity index is 1.67. The predicted octanol–water partition coefficient (Wildman–Crippen LogP) is 3.81. The van der Waals surface area contributed by atoms with Crippen molar-refractivity contribution >= 4 is 50.4 Å². The lowest BCUT2D eigenvalue weighted by molar-refractivity contribution is -0.139. The third-order valence-corrected chi connectivity index (χ3v) is 8.65. The number of benzene rings is 2. The second-order valence-electron chi connectivity index (χ2n) is 9.43. The normalized spacial score (nSPS) is 18.6. The van der Waals surface area contributed by atoms with E-state index in [4.69, 9.17) is 19.2 Å². The highest BCUT2D eigenvalue weighted by Gasteiger charge is 2.38. The molecular weight excluding hydrogens is 598 g/mol. The molecule has 3 aliphatic heterocycles. The number of fused-ring (bicyclic) bond motifs is 3. The standard InChI is InChI=1S/C29H26BrN3O6S/c1-4-7-18-23(28(36)37-6-3)24(15-8-11-20-21(12-15)39-14-38-20)33-27(35)25(40-29(33)31-18)22-17-13-16(30)9-10-19(17)32(5-2)26(22)34/h8-13,24H,4-7,14H2,1-3H3/b25-22+/t24-/m0/s1. The van der Waals surface area contributed by atoms with E-state index < -0.39 is 17.6 Å². The third-order valence-electron chi connectivity index (χ3n) is 7.10. The molecule has 9 nitrogen and oxygen atoms in total. The molecule has 0 saturated carbocycles. The highest BCUT2D eigenvalue weighted by molar-refractivity contribution is 9.10. The van der Waals surface area contributed by atoms with E-state index in [0.29, 0.717) is 57.2 Å². The number of anilines is 1. The molecule has 0 saturated heterocycles. The van der Waals surface area contributed by atoms with Crippen molar-refractivity contribution in [2.45, 2.75) is 39.7 Å². The zero-order valence-electron chi connectivity index (χ0n) is 22.2. The van der Waals surface area contributed by atoms with Crippen LogP contribution in [0.1, 0.15) is 50.8 Å². The Kier molecular flexibility index (Phi) is 6.87. The molecule has 1 atom stereocenters. The number of nitrogens with zero attached hydrogens (tertiary/aromatic N) is 3. The van der Waals surface area contributed by atoms with Crippen LogP contribution >= 0.6 is 27.3 Å². The lowest BCUT2D eigenvalue weighted by Crippen LogP contribution is -2.41. The molecular formula is C29H26BrN3O6S. The van der Waals surface area contributed by atoms with E-state index in [1.165, 1.54) is 15.9 Å². The summed E-state index contributed by atoms with van der Waals surface area (Å²) in [5.41, 5.74) is 2.91. The maximum absolute atomic E-state index is 14.3. The van der Waals surface area contributed by atoms with Crippen molar-refractivity contribution in [3.63, 3.8) is 0 Å². The monoisotopic (exact) mass is 623 g/mol. The molecule has 0 unspecified atom stereocenters. The third kappa shape index (κ3) is 4.10. The molecule has 40 heavy (non-hydrogen) atoms. The number of amides is 1. The van der Waals surface area contributed by atoms with E-state index >= 15 is 0 Å². The number of hydrogen-bond acceptors (Lipinski definition) is 8. The molecule has 1 aromatic heterocycles. The molecule has 2 aromatic carbocycles. The average molecular weight is 625 g/mol. The SMILES string of the molecule is CCCC1=C(C(=O)OCC)[C@H](c2ccc3c(c2)OCO3)n2c(s/c(=C3/C(=O)N(CC)c4ccc(Br)cc43)c2=O)=N1. The number of rotatable bonds is 6. The quantitative estimate of drug-likeness (QED) is 0.387. The fourth-order valence-corrected chi connectivity index (χ4v) is 6.88. The van der Waals surface area contributed by atoms with Gasteiger partial charge in [-0.2, -0.15) is 0 Å². The van der Waals surface area contributed by atoms with Gasteiger partial charge >= 0.3 is 5.97 Å². The molecule has 0 N–H and O–H groups in total. The van der Waals surface area contributed by atoms with E-state index in [0.717, 1.165) is 16.6 Å². The summed E-state index contributed by atoms with van der Waals surface area (Å²) in [7, 11) is 0. The minimum Gasteiger partial charge on any atom is -0.463 e. The van der Waals surface area contributed by atoms with Crippen molar-refractivity contribution in [1.29, 1.82) is 0 Å². The van der Waals surface area contributed by atoms with E-state index in [1.807, 2.05) is 38.1 Å². The van der Waals surface area contributed by atoms with Gasteiger partial charge in [0.05, 0.1) is 35.2 Å². The fourth-order valence-electron chi connectivity index (χ4n) is 5.41. The Morgan fingerprint density at radius 3 is 2.67 bits per heavy atom. The van der Waals surface area contributed by atoms with Crippen molar-refractivity contribution in [2.24, 2.45) is 4.99 Å². The Morgan fingerprint density at radius 2 is 1.93 bits per heavy atom. The van der Waals surface area contributed by atoms with Gasteiger partial charge in [-0.25, -0.2) is 9.79 Å². The molecule has 0 aliphatic carbocycles. The Labute approximate surface area is 242 Å². The second-order valence-corrected chi connectivity index (χ2v) is 11.3. The molecule has 0 radical (unpaired) electrons. The van der Waals surface area contributed by atoms with Crippen LogP contribution in [0.15, 0.2) is 61.9 Å². The van der Waals surface area contributed by atoms with Crippen LogP contribution in [0.4, 0.5) is 5.69 Å². The minimum atomic E-state index is -0.818. The summed E-state index contributed by atoms with van der Waals surface area (Å²) in [4.78, 5) is 48.3. The lowest BCUT2D eigenvalue weighted by Gasteiger charge is -2.25. The van der Waals surface area contributed by atoms with Gasteiger partial charge in [0, 0.05) is 16.6 Å². The van der Waals surface area contributed by atoms with E-state index in [-0.39, 0.29) is 23.8 Å². The average Bonchev–Trinajstić information content (AvgIpc) is 3.61. The topological polar surface area (TPSA) is 99.4 Å². The van der Waals surface area contributed by atoms with Gasteiger partial charge in [-0.15, -0.1) is 0 Å². The van der Waals surface area contributed by atoms with Crippen molar-refractivity contribution in [3.05, 3.63) is 83.0 Å². The zero-order chi connectivity index (χ0) is 28.1. The van der Waals surface area contributed by atoms with Gasteiger partial charge in [0.25, 0.3) is 11.5 Å². The van der Waals surface area contributed by atoms with E-state index in [2.05, 4.69) is 15.9 Å². The van der Waals surface area contributed by atoms with Crippen LogP contribution < -0.4 is 29.3 Å². The molecule has 3 aliphatic rings. The summed E-state index contributed by atoms with van der Waals surface area (Å²) in [5.74, 6) is 0.354. The zero-order valence-corrected chi connectivity index (χ0v) is 24.6. The number of halogens is 1. The van der Waals surface area contributed by atoms with Crippen LogP contribution in [0, 0.1) is 0 Å². The van der Waals surface area contributed by atoms with Gasteiger partial charge in [-0.3, -0.25) is 14.2 Å². The summed E-state index contributed by atoms with van der Waals surface area (Å²) in [6.45, 7) is 6.38. The lowest BCUT2D eigenvalue weighted by atomic mass is 9.94. The fraction of sp³-hybridized carbons (Fsp3) is 0.310. The number of carbonyl (C=O) groups excluding carboxylic acids is 2. The van der Waals surface area contributed by atoms with Crippen LogP contribution in [0.3, 0.4) is 0 Å². The van der Waals surface area contributed by atoms with Crippen molar-refractivity contribution in [1.82, 2.24) is 4.57 Å². The number of ether oxygens (including phenoxy) is 3. The first kappa shape index (κ1) is 26.5. The molecule has 11 heteroatoms. The summed E-state index contributed by atoms with van der Waals surface area (Å²) in [6, 6.07) is 10.2.